The molecule has 0 saturated carbocycles. The van der Waals surface area contributed by atoms with Gasteiger partial charge >= 0.3 is 0 Å². The van der Waals surface area contributed by atoms with Gasteiger partial charge in [-0.1, -0.05) is 61.2 Å². The number of rotatable bonds is 7. The number of piperidine rings is 1. The largest absolute Gasteiger partial charge is 0.342 e. The first kappa shape index (κ1) is 21.6. The van der Waals surface area contributed by atoms with Crippen molar-refractivity contribution in [2.75, 3.05) is 18.8 Å². The number of carbonyl (C=O) groups is 1. The van der Waals surface area contributed by atoms with Crippen molar-refractivity contribution >= 4 is 28.6 Å². The maximum absolute atomic E-state index is 13.2. The monoisotopic (exact) mass is 435 g/mol. The molecule has 31 heavy (non-hydrogen) atoms. The summed E-state index contributed by atoms with van der Waals surface area (Å²) in [6.07, 6.45) is 3.87. The van der Waals surface area contributed by atoms with Crippen LogP contribution in [-0.4, -0.2) is 39.2 Å². The molecule has 0 atom stereocenters. The molecule has 1 saturated heterocycles. The highest BCUT2D eigenvalue weighted by molar-refractivity contribution is 7.99. The number of hydrogen-bond donors (Lipinski definition) is 0. The molecule has 2 aromatic carbocycles. The predicted octanol–water partition coefficient (Wildman–Crippen LogP) is 4.38. The van der Waals surface area contributed by atoms with E-state index in [9.17, 15) is 9.59 Å². The van der Waals surface area contributed by atoms with E-state index in [0.29, 0.717) is 34.3 Å². The number of carbonyl (C=O) groups excluding carboxylic acids is 1. The molecule has 0 bridgehead atoms. The Kier molecular flexibility index (Phi) is 7.07. The highest BCUT2D eigenvalue weighted by Crippen LogP contribution is 2.21. The van der Waals surface area contributed by atoms with Crippen LogP contribution >= 0.6 is 11.8 Å². The Morgan fingerprint density at radius 1 is 1.06 bits per heavy atom. The number of thioether (sulfide) groups is 1. The first-order valence-electron chi connectivity index (χ1n) is 11.1. The zero-order chi connectivity index (χ0) is 21.6. The maximum Gasteiger partial charge on any atom is 0.262 e. The Balaban J connectivity index is 1.50. The van der Waals surface area contributed by atoms with Gasteiger partial charge in [0.25, 0.3) is 5.56 Å². The van der Waals surface area contributed by atoms with Gasteiger partial charge in [-0.25, -0.2) is 4.98 Å². The number of benzene rings is 2. The lowest BCUT2D eigenvalue weighted by Gasteiger charge is -2.30. The SMILES string of the molecule is CC1CCN(C(=O)CSc2nc3ccccc3c(=O)n2CCCc2ccccc2)CC1. The topological polar surface area (TPSA) is 55.2 Å². The Bertz CT molecular complexity index is 1090. The third kappa shape index (κ3) is 5.37. The lowest BCUT2D eigenvalue weighted by Crippen LogP contribution is -2.39. The Morgan fingerprint density at radius 3 is 2.55 bits per heavy atom. The molecule has 1 aromatic heterocycles. The van der Waals surface area contributed by atoms with Gasteiger partial charge in [0.05, 0.1) is 16.7 Å². The van der Waals surface area contributed by atoms with E-state index in [1.54, 1.807) is 4.57 Å². The van der Waals surface area contributed by atoms with Gasteiger partial charge in [0.1, 0.15) is 0 Å². The van der Waals surface area contributed by atoms with Crippen molar-refractivity contribution in [3.63, 3.8) is 0 Å². The number of fused-ring (bicyclic) bond motifs is 1. The molecular formula is C25H29N3O2S. The van der Waals surface area contributed by atoms with Gasteiger partial charge < -0.3 is 4.90 Å². The third-order valence-electron chi connectivity index (χ3n) is 5.98. The van der Waals surface area contributed by atoms with Crippen molar-refractivity contribution in [2.45, 2.75) is 44.3 Å². The van der Waals surface area contributed by atoms with Crippen LogP contribution < -0.4 is 5.56 Å². The van der Waals surface area contributed by atoms with Gasteiger partial charge in [0, 0.05) is 19.6 Å². The number of likely N-dealkylation sites (tertiary alicyclic amines) is 1. The molecule has 1 fully saturated rings. The molecule has 2 heterocycles. The van der Waals surface area contributed by atoms with Crippen LogP contribution in [0.5, 0.6) is 0 Å². The van der Waals surface area contributed by atoms with Crippen molar-refractivity contribution < 1.29 is 4.79 Å². The number of aromatic nitrogens is 2. The average molecular weight is 436 g/mol. The minimum Gasteiger partial charge on any atom is -0.342 e. The van der Waals surface area contributed by atoms with Crippen molar-refractivity contribution in [2.24, 2.45) is 5.92 Å². The van der Waals surface area contributed by atoms with Crippen molar-refractivity contribution in [1.82, 2.24) is 14.5 Å². The molecular weight excluding hydrogens is 406 g/mol. The first-order chi connectivity index (χ1) is 15.1. The lowest BCUT2D eigenvalue weighted by atomic mass is 9.99. The number of aryl methyl sites for hydroxylation is 1. The summed E-state index contributed by atoms with van der Waals surface area (Å²) in [6, 6.07) is 17.7. The van der Waals surface area contributed by atoms with Crippen molar-refractivity contribution in [1.29, 1.82) is 0 Å². The van der Waals surface area contributed by atoms with E-state index in [-0.39, 0.29) is 11.5 Å². The molecule has 162 valence electrons. The Hall–Kier alpha value is -2.60. The molecule has 1 aliphatic rings. The summed E-state index contributed by atoms with van der Waals surface area (Å²) in [7, 11) is 0. The van der Waals surface area contributed by atoms with Crippen LogP contribution in [0.4, 0.5) is 0 Å². The maximum atomic E-state index is 13.2. The lowest BCUT2D eigenvalue weighted by molar-refractivity contribution is -0.129. The molecule has 4 rings (SSSR count). The first-order valence-corrected chi connectivity index (χ1v) is 12.0. The highest BCUT2D eigenvalue weighted by atomic mass is 32.2. The number of amides is 1. The second-order valence-electron chi connectivity index (χ2n) is 8.31. The van der Waals surface area contributed by atoms with Crippen LogP contribution in [0.15, 0.2) is 64.5 Å². The summed E-state index contributed by atoms with van der Waals surface area (Å²) in [6.45, 7) is 4.48. The fourth-order valence-electron chi connectivity index (χ4n) is 4.02. The van der Waals surface area contributed by atoms with E-state index in [1.165, 1.54) is 17.3 Å². The quantitative estimate of drug-likeness (QED) is 0.408. The van der Waals surface area contributed by atoms with E-state index >= 15 is 0 Å². The van der Waals surface area contributed by atoms with Gasteiger partial charge in [-0.05, 0) is 49.3 Å². The van der Waals surface area contributed by atoms with Crippen LogP contribution in [0.1, 0.15) is 31.7 Å². The van der Waals surface area contributed by atoms with Crippen LogP contribution in [0.25, 0.3) is 10.9 Å². The van der Waals surface area contributed by atoms with Gasteiger partial charge in [-0.2, -0.15) is 0 Å². The van der Waals surface area contributed by atoms with E-state index in [1.807, 2.05) is 47.4 Å². The van der Waals surface area contributed by atoms with Gasteiger partial charge in [0.15, 0.2) is 5.16 Å². The number of nitrogens with zero attached hydrogens (tertiary/aromatic N) is 3. The standard InChI is InChI=1S/C25H29N3O2S/c1-19-13-16-27(17-14-19)23(29)18-31-25-26-22-12-6-5-11-21(22)24(30)28(25)15-7-10-20-8-3-2-4-9-20/h2-6,8-9,11-12,19H,7,10,13-18H2,1H3. The smallest absolute Gasteiger partial charge is 0.262 e. The summed E-state index contributed by atoms with van der Waals surface area (Å²) in [5.74, 6) is 1.14. The number of hydrogen-bond acceptors (Lipinski definition) is 4. The van der Waals surface area contributed by atoms with Crippen LogP contribution in [0.2, 0.25) is 0 Å². The molecule has 0 N–H and O–H groups in total. The summed E-state index contributed by atoms with van der Waals surface area (Å²) < 4.78 is 1.75. The number of para-hydroxylation sites is 1. The molecule has 0 radical (unpaired) electrons. The van der Waals surface area contributed by atoms with Crippen LogP contribution in [0, 0.1) is 5.92 Å². The van der Waals surface area contributed by atoms with Gasteiger partial charge in [-0.15, -0.1) is 0 Å². The van der Waals surface area contributed by atoms with E-state index < -0.39 is 0 Å². The van der Waals surface area contributed by atoms with Crippen molar-refractivity contribution in [3.8, 4) is 0 Å². The molecule has 3 aromatic rings. The highest BCUT2D eigenvalue weighted by Gasteiger charge is 2.21. The van der Waals surface area contributed by atoms with Gasteiger partial charge in [-0.3, -0.25) is 14.2 Å². The minimum atomic E-state index is -0.0274. The van der Waals surface area contributed by atoms with Crippen LogP contribution in [-0.2, 0) is 17.8 Å². The minimum absolute atomic E-state index is 0.0274. The Morgan fingerprint density at radius 2 is 1.77 bits per heavy atom. The molecule has 1 amide bonds. The van der Waals surface area contributed by atoms with Crippen LogP contribution in [0.3, 0.4) is 0 Å². The second kappa shape index (κ2) is 10.1. The predicted molar refractivity (Wildman–Crippen MR) is 126 cm³/mol. The zero-order valence-corrected chi connectivity index (χ0v) is 18.8. The molecule has 1 aliphatic heterocycles. The fraction of sp³-hybridized carbons (Fsp3) is 0.400. The molecule has 6 heteroatoms. The third-order valence-corrected chi connectivity index (χ3v) is 6.94. The van der Waals surface area contributed by atoms with E-state index in [0.717, 1.165) is 38.8 Å². The summed E-state index contributed by atoms with van der Waals surface area (Å²) in [4.78, 5) is 32.6. The second-order valence-corrected chi connectivity index (χ2v) is 9.25. The fourth-order valence-corrected chi connectivity index (χ4v) is 4.94. The molecule has 0 spiro atoms. The van der Waals surface area contributed by atoms with Crippen molar-refractivity contribution in [3.05, 3.63) is 70.5 Å². The van der Waals surface area contributed by atoms with E-state index in [4.69, 9.17) is 4.98 Å². The Labute approximate surface area is 187 Å². The summed E-state index contributed by atoms with van der Waals surface area (Å²) in [5, 5.41) is 1.26. The summed E-state index contributed by atoms with van der Waals surface area (Å²) >= 11 is 1.39. The molecule has 0 unspecified atom stereocenters. The molecule has 0 aliphatic carbocycles. The van der Waals surface area contributed by atoms with E-state index in [2.05, 4.69) is 19.1 Å². The zero-order valence-electron chi connectivity index (χ0n) is 18.0. The molecule has 5 nitrogen and oxygen atoms in total. The average Bonchev–Trinajstić information content (AvgIpc) is 2.80. The van der Waals surface area contributed by atoms with Gasteiger partial charge in [0.2, 0.25) is 5.91 Å². The normalized spacial score (nSPS) is 14.8. The summed E-state index contributed by atoms with van der Waals surface area (Å²) in [5.41, 5.74) is 1.92.